The minimum Gasteiger partial charge on any atom is -0.445 e. The summed E-state index contributed by atoms with van der Waals surface area (Å²) in [6.45, 7) is -0.0378. The predicted molar refractivity (Wildman–Crippen MR) is 80.9 cm³/mol. The lowest BCUT2D eigenvalue weighted by molar-refractivity contribution is -0.143. The fourth-order valence-electron chi connectivity index (χ4n) is 1.76. The normalized spacial score (nSPS) is 9.82. The van der Waals surface area contributed by atoms with Gasteiger partial charge in [0.05, 0.1) is 6.42 Å². The summed E-state index contributed by atoms with van der Waals surface area (Å²) in [5, 5.41) is 2.37. The van der Waals surface area contributed by atoms with Crippen LogP contribution in [0.25, 0.3) is 0 Å². The highest BCUT2D eigenvalue weighted by molar-refractivity contribution is 5.73. The number of benzene rings is 2. The van der Waals surface area contributed by atoms with Crippen molar-refractivity contribution in [3.8, 4) is 0 Å². The third-order valence-electron chi connectivity index (χ3n) is 2.85. The number of rotatable bonds is 6. The van der Waals surface area contributed by atoms with E-state index in [0.717, 1.165) is 11.1 Å². The molecule has 0 bridgehead atoms. The maximum absolute atomic E-state index is 11.6. The Morgan fingerprint density at radius 3 is 2.05 bits per heavy atom. The number of carbonyl (C=O) groups is 2. The number of carbonyl (C=O) groups excluding carboxylic acids is 2. The van der Waals surface area contributed by atoms with Crippen molar-refractivity contribution in [1.82, 2.24) is 5.32 Å². The lowest BCUT2D eigenvalue weighted by atomic mass is 10.2. The van der Waals surface area contributed by atoms with Gasteiger partial charge in [0.25, 0.3) is 0 Å². The van der Waals surface area contributed by atoms with E-state index in [0.29, 0.717) is 0 Å². The molecule has 0 heterocycles. The van der Waals surface area contributed by atoms with Gasteiger partial charge in [-0.2, -0.15) is 0 Å². The molecule has 2 rings (SSSR count). The first-order valence-electron chi connectivity index (χ1n) is 6.88. The number of esters is 1. The van der Waals surface area contributed by atoms with E-state index in [-0.39, 0.29) is 19.8 Å². The summed E-state index contributed by atoms with van der Waals surface area (Å²) >= 11 is 0. The summed E-state index contributed by atoms with van der Waals surface area (Å²) in [6, 6.07) is 18.6. The summed E-state index contributed by atoms with van der Waals surface area (Å²) in [6.07, 6.45) is -0.460. The van der Waals surface area contributed by atoms with Gasteiger partial charge in [-0.05, 0) is 11.1 Å². The van der Waals surface area contributed by atoms with E-state index in [2.05, 4.69) is 5.32 Å². The van der Waals surface area contributed by atoms with Crippen LogP contribution in [0.2, 0.25) is 0 Å². The Labute approximate surface area is 128 Å². The van der Waals surface area contributed by atoms with Crippen molar-refractivity contribution in [3.63, 3.8) is 0 Å². The van der Waals surface area contributed by atoms with Crippen molar-refractivity contribution in [2.45, 2.75) is 13.0 Å². The SMILES string of the molecule is O=C(Cc1ccccc1)OCNC(=O)OCc1ccccc1. The average Bonchev–Trinajstić information content (AvgIpc) is 2.55. The third kappa shape index (κ3) is 5.66. The number of nitrogens with one attached hydrogen (secondary N) is 1. The van der Waals surface area contributed by atoms with Crippen LogP contribution in [0.3, 0.4) is 0 Å². The Kier molecular flexibility index (Phi) is 5.99. The molecule has 0 aromatic heterocycles. The van der Waals surface area contributed by atoms with E-state index in [1.54, 1.807) is 0 Å². The quantitative estimate of drug-likeness (QED) is 0.658. The molecule has 0 spiro atoms. The summed E-state index contributed by atoms with van der Waals surface area (Å²) in [4.78, 5) is 23.0. The molecule has 0 fully saturated rings. The van der Waals surface area contributed by atoms with Crippen LogP contribution in [-0.2, 0) is 27.3 Å². The van der Waals surface area contributed by atoms with Gasteiger partial charge in [0, 0.05) is 0 Å². The summed E-state index contributed by atoms with van der Waals surface area (Å²) in [5.41, 5.74) is 1.75. The van der Waals surface area contributed by atoms with Gasteiger partial charge < -0.3 is 9.47 Å². The molecule has 0 saturated heterocycles. The maximum atomic E-state index is 11.6. The second-order valence-electron chi connectivity index (χ2n) is 4.56. The molecule has 2 aromatic carbocycles. The first kappa shape index (κ1) is 15.6. The van der Waals surface area contributed by atoms with E-state index in [4.69, 9.17) is 9.47 Å². The number of ether oxygens (including phenoxy) is 2. The van der Waals surface area contributed by atoms with Gasteiger partial charge in [-0.15, -0.1) is 0 Å². The van der Waals surface area contributed by atoms with Crippen molar-refractivity contribution < 1.29 is 19.1 Å². The standard InChI is InChI=1S/C17H17NO4/c19-16(11-14-7-3-1-4-8-14)22-13-18-17(20)21-12-15-9-5-2-6-10-15/h1-10H,11-13H2,(H,18,20). The molecule has 2 aromatic rings. The Morgan fingerprint density at radius 2 is 1.41 bits per heavy atom. The summed E-state index contributed by atoms with van der Waals surface area (Å²) < 4.78 is 9.90. The van der Waals surface area contributed by atoms with Gasteiger partial charge in [0.2, 0.25) is 0 Å². The Balaban J connectivity index is 1.61. The van der Waals surface area contributed by atoms with E-state index in [1.165, 1.54) is 0 Å². The zero-order valence-electron chi connectivity index (χ0n) is 12.0. The van der Waals surface area contributed by atoms with Gasteiger partial charge in [-0.3, -0.25) is 10.1 Å². The molecule has 5 nitrogen and oxygen atoms in total. The predicted octanol–water partition coefficient (Wildman–Crippen LogP) is 2.66. The zero-order chi connectivity index (χ0) is 15.6. The second kappa shape index (κ2) is 8.46. The van der Waals surface area contributed by atoms with Gasteiger partial charge in [-0.1, -0.05) is 60.7 Å². The lowest BCUT2D eigenvalue weighted by Gasteiger charge is -2.08. The highest BCUT2D eigenvalue weighted by atomic mass is 16.6. The molecule has 1 N–H and O–H groups in total. The van der Waals surface area contributed by atoms with Crippen molar-refractivity contribution in [2.75, 3.05) is 6.73 Å². The molecule has 0 atom stereocenters. The van der Waals surface area contributed by atoms with Crippen LogP contribution >= 0.6 is 0 Å². The molecule has 0 aliphatic heterocycles. The van der Waals surface area contributed by atoms with Gasteiger partial charge >= 0.3 is 12.1 Å². The molecule has 114 valence electrons. The maximum Gasteiger partial charge on any atom is 0.410 e. The average molecular weight is 299 g/mol. The highest BCUT2D eigenvalue weighted by Gasteiger charge is 2.06. The van der Waals surface area contributed by atoms with Gasteiger partial charge in [0.15, 0.2) is 6.73 Å². The molecule has 0 saturated carbocycles. The van der Waals surface area contributed by atoms with E-state index < -0.39 is 12.1 Å². The minimum atomic E-state index is -0.628. The van der Waals surface area contributed by atoms with E-state index in [9.17, 15) is 9.59 Å². The lowest BCUT2D eigenvalue weighted by Crippen LogP contribution is -2.28. The zero-order valence-corrected chi connectivity index (χ0v) is 12.0. The number of hydrogen-bond acceptors (Lipinski definition) is 4. The monoisotopic (exact) mass is 299 g/mol. The molecular weight excluding hydrogens is 282 g/mol. The van der Waals surface area contributed by atoms with Crippen molar-refractivity contribution >= 4 is 12.1 Å². The number of amides is 1. The molecule has 1 amide bonds. The van der Waals surface area contributed by atoms with Gasteiger partial charge in [0.1, 0.15) is 6.61 Å². The smallest absolute Gasteiger partial charge is 0.410 e. The van der Waals surface area contributed by atoms with E-state index in [1.807, 2.05) is 60.7 Å². The topological polar surface area (TPSA) is 64.6 Å². The number of hydrogen-bond donors (Lipinski definition) is 1. The second-order valence-corrected chi connectivity index (χ2v) is 4.56. The summed E-state index contributed by atoms with van der Waals surface area (Å²) in [7, 11) is 0. The van der Waals surface area contributed by atoms with Crippen LogP contribution in [0, 0.1) is 0 Å². The van der Waals surface area contributed by atoms with Crippen LogP contribution in [-0.4, -0.2) is 18.8 Å². The van der Waals surface area contributed by atoms with E-state index >= 15 is 0 Å². The molecule has 0 radical (unpaired) electrons. The van der Waals surface area contributed by atoms with Crippen molar-refractivity contribution in [3.05, 3.63) is 71.8 Å². The molecule has 0 unspecified atom stereocenters. The largest absolute Gasteiger partial charge is 0.445 e. The van der Waals surface area contributed by atoms with Crippen LogP contribution in [0.4, 0.5) is 4.79 Å². The first-order valence-corrected chi connectivity index (χ1v) is 6.88. The van der Waals surface area contributed by atoms with Crippen LogP contribution in [0.5, 0.6) is 0 Å². The molecular formula is C17H17NO4. The van der Waals surface area contributed by atoms with Crippen LogP contribution in [0.1, 0.15) is 11.1 Å². The molecule has 22 heavy (non-hydrogen) atoms. The van der Waals surface area contributed by atoms with Crippen LogP contribution in [0.15, 0.2) is 60.7 Å². The molecule has 0 aliphatic rings. The van der Waals surface area contributed by atoms with Crippen LogP contribution < -0.4 is 5.32 Å². The first-order chi connectivity index (χ1) is 10.7. The molecule has 5 heteroatoms. The summed E-state index contributed by atoms with van der Waals surface area (Å²) in [5.74, 6) is -0.408. The minimum absolute atomic E-state index is 0.168. The Bertz CT molecular complexity index is 599. The molecule has 0 aliphatic carbocycles. The fraction of sp³-hybridized carbons (Fsp3) is 0.176. The van der Waals surface area contributed by atoms with Crippen molar-refractivity contribution in [1.29, 1.82) is 0 Å². The Morgan fingerprint density at radius 1 is 0.818 bits per heavy atom. The highest BCUT2D eigenvalue weighted by Crippen LogP contribution is 2.01. The van der Waals surface area contributed by atoms with Gasteiger partial charge in [-0.25, -0.2) is 4.79 Å². The third-order valence-corrected chi connectivity index (χ3v) is 2.85. The van der Waals surface area contributed by atoms with Crippen molar-refractivity contribution in [2.24, 2.45) is 0 Å². The Hall–Kier alpha value is -2.82. The fourth-order valence-corrected chi connectivity index (χ4v) is 1.76. The number of alkyl carbamates (subject to hydrolysis) is 1.